The molecule has 1 atom stereocenters. The van der Waals surface area contributed by atoms with Crippen molar-refractivity contribution in [2.24, 2.45) is 0 Å². The number of carbonyl (C=O) groups excluding carboxylic acids is 1. The molecule has 0 bridgehead atoms. The molecule has 1 aliphatic rings. The molecule has 0 unspecified atom stereocenters. The summed E-state index contributed by atoms with van der Waals surface area (Å²) in [6, 6.07) is 14.9. The van der Waals surface area contributed by atoms with Gasteiger partial charge in [0, 0.05) is 6.04 Å². The predicted molar refractivity (Wildman–Crippen MR) is 121 cm³/mol. The summed E-state index contributed by atoms with van der Waals surface area (Å²) in [5.41, 5.74) is 0.901. The molecule has 0 aromatic heterocycles. The molecule has 0 spiro atoms. The topological polar surface area (TPSA) is 84.5 Å². The fourth-order valence-corrected chi connectivity index (χ4v) is 5.10. The van der Waals surface area contributed by atoms with Crippen LogP contribution in [0.2, 0.25) is 0 Å². The molecule has 1 fully saturated rings. The maximum absolute atomic E-state index is 13.1. The number of amides is 1. The summed E-state index contributed by atoms with van der Waals surface area (Å²) in [5.74, 6) is 0.332. The first-order valence-corrected chi connectivity index (χ1v) is 12.6. The first-order chi connectivity index (χ1) is 15.0. The first-order valence-electron chi connectivity index (χ1n) is 11.1. The number of carbonyl (C=O) groups is 1. The molecule has 6 nitrogen and oxygen atoms in total. The van der Waals surface area contributed by atoms with Gasteiger partial charge in [-0.3, -0.25) is 4.79 Å². The molecular weight excluding hydrogens is 412 g/mol. The third-order valence-corrected chi connectivity index (χ3v) is 7.03. The summed E-state index contributed by atoms with van der Waals surface area (Å²) in [6.45, 7) is 2.37. The van der Waals surface area contributed by atoms with Gasteiger partial charge in [0.05, 0.1) is 11.5 Å². The molecular formula is C24H32N2O4S. The van der Waals surface area contributed by atoms with E-state index in [-0.39, 0.29) is 23.3 Å². The Bertz CT molecular complexity index is 922. The third kappa shape index (κ3) is 7.08. The Morgan fingerprint density at radius 3 is 2.26 bits per heavy atom. The van der Waals surface area contributed by atoms with Gasteiger partial charge in [-0.15, -0.1) is 0 Å². The zero-order chi connectivity index (χ0) is 22.1. The first kappa shape index (κ1) is 23.3. The van der Waals surface area contributed by atoms with Crippen LogP contribution in [0.1, 0.15) is 51.0 Å². The lowest BCUT2D eigenvalue weighted by Gasteiger charge is -2.23. The number of rotatable bonds is 9. The van der Waals surface area contributed by atoms with Crippen LogP contribution in [0.4, 0.5) is 0 Å². The van der Waals surface area contributed by atoms with Gasteiger partial charge in [-0.1, -0.05) is 56.0 Å². The van der Waals surface area contributed by atoms with Gasteiger partial charge in [0.25, 0.3) is 0 Å². The molecule has 2 aromatic carbocycles. The number of nitrogens with one attached hydrogen (secondary N) is 2. The molecule has 0 aliphatic heterocycles. The van der Waals surface area contributed by atoms with E-state index in [0.717, 1.165) is 31.2 Å². The van der Waals surface area contributed by atoms with Crippen LogP contribution in [0.3, 0.4) is 0 Å². The lowest BCUT2D eigenvalue weighted by Crippen LogP contribution is -2.50. The van der Waals surface area contributed by atoms with Crippen molar-refractivity contribution in [3.8, 4) is 5.75 Å². The van der Waals surface area contributed by atoms with Crippen LogP contribution in [0.25, 0.3) is 0 Å². The second-order valence-electron chi connectivity index (χ2n) is 7.97. The third-order valence-electron chi connectivity index (χ3n) is 5.54. The van der Waals surface area contributed by atoms with Gasteiger partial charge in [-0.25, -0.2) is 8.42 Å². The monoisotopic (exact) mass is 444 g/mol. The molecule has 2 aromatic rings. The van der Waals surface area contributed by atoms with Crippen molar-refractivity contribution in [2.75, 3.05) is 6.61 Å². The van der Waals surface area contributed by atoms with E-state index >= 15 is 0 Å². The van der Waals surface area contributed by atoms with Crippen LogP contribution in [0, 0.1) is 0 Å². The zero-order valence-corrected chi connectivity index (χ0v) is 18.9. The van der Waals surface area contributed by atoms with Crippen LogP contribution in [-0.2, 0) is 21.2 Å². The zero-order valence-electron chi connectivity index (χ0n) is 18.0. The molecule has 7 heteroatoms. The Hall–Kier alpha value is -2.38. The van der Waals surface area contributed by atoms with E-state index in [1.165, 1.54) is 25.0 Å². The average Bonchev–Trinajstić information content (AvgIpc) is 3.03. The van der Waals surface area contributed by atoms with Crippen LogP contribution >= 0.6 is 0 Å². The van der Waals surface area contributed by atoms with Crippen molar-refractivity contribution in [3.63, 3.8) is 0 Å². The molecule has 2 N–H and O–H groups in total. The van der Waals surface area contributed by atoms with E-state index in [1.807, 2.05) is 37.3 Å². The molecule has 0 heterocycles. The minimum Gasteiger partial charge on any atom is -0.494 e. The van der Waals surface area contributed by atoms with Crippen LogP contribution in [-0.4, -0.2) is 33.0 Å². The van der Waals surface area contributed by atoms with Gasteiger partial charge in [0.1, 0.15) is 11.8 Å². The summed E-state index contributed by atoms with van der Waals surface area (Å²) in [7, 11) is -3.87. The molecule has 168 valence electrons. The van der Waals surface area contributed by atoms with Crippen molar-refractivity contribution in [1.82, 2.24) is 10.0 Å². The smallest absolute Gasteiger partial charge is 0.241 e. The van der Waals surface area contributed by atoms with Crippen molar-refractivity contribution in [1.29, 1.82) is 0 Å². The summed E-state index contributed by atoms with van der Waals surface area (Å²) in [6.07, 6.45) is 6.72. The second kappa shape index (κ2) is 11.3. The van der Waals surface area contributed by atoms with Crippen molar-refractivity contribution < 1.29 is 17.9 Å². The molecule has 1 saturated carbocycles. The van der Waals surface area contributed by atoms with Crippen molar-refractivity contribution in [3.05, 3.63) is 60.2 Å². The number of ether oxygens (including phenoxy) is 1. The van der Waals surface area contributed by atoms with E-state index in [4.69, 9.17) is 4.74 Å². The van der Waals surface area contributed by atoms with Gasteiger partial charge in [-0.2, -0.15) is 4.72 Å². The Labute approximate surface area is 185 Å². The fraction of sp³-hybridized carbons (Fsp3) is 0.458. The Balaban J connectivity index is 1.76. The van der Waals surface area contributed by atoms with Crippen LogP contribution in [0.15, 0.2) is 59.5 Å². The number of hydrogen-bond donors (Lipinski definition) is 2. The van der Waals surface area contributed by atoms with E-state index in [2.05, 4.69) is 10.0 Å². The molecule has 0 radical (unpaired) electrons. The van der Waals surface area contributed by atoms with Crippen molar-refractivity contribution >= 4 is 15.9 Å². The summed E-state index contributed by atoms with van der Waals surface area (Å²) in [4.78, 5) is 13.2. The predicted octanol–water partition coefficient (Wildman–Crippen LogP) is 3.81. The maximum atomic E-state index is 13.1. The van der Waals surface area contributed by atoms with Gasteiger partial charge in [0.15, 0.2) is 0 Å². The molecule has 1 amide bonds. The summed E-state index contributed by atoms with van der Waals surface area (Å²) in [5, 5.41) is 3.09. The van der Waals surface area contributed by atoms with E-state index in [0.29, 0.717) is 12.4 Å². The highest BCUT2D eigenvalue weighted by molar-refractivity contribution is 7.89. The quantitative estimate of drug-likeness (QED) is 0.576. The number of benzene rings is 2. The highest BCUT2D eigenvalue weighted by Crippen LogP contribution is 2.19. The van der Waals surface area contributed by atoms with Gasteiger partial charge in [0.2, 0.25) is 15.9 Å². The van der Waals surface area contributed by atoms with Gasteiger partial charge < -0.3 is 10.1 Å². The number of hydrogen-bond acceptors (Lipinski definition) is 4. The lowest BCUT2D eigenvalue weighted by molar-refractivity contribution is -0.123. The lowest BCUT2D eigenvalue weighted by atomic mass is 10.0. The highest BCUT2D eigenvalue weighted by Gasteiger charge is 2.28. The standard InChI is InChI=1S/C24H32N2O4S/c1-2-30-21-14-16-22(17-15-21)31(28,29)26-23(18-19-10-6-5-7-11-19)24(27)25-20-12-8-3-4-9-13-20/h5-7,10-11,14-17,20,23,26H,2-4,8-9,12-13,18H2,1H3,(H,25,27)/t23-/m0/s1. The number of sulfonamides is 1. The Morgan fingerprint density at radius 2 is 1.65 bits per heavy atom. The average molecular weight is 445 g/mol. The minimum absolute atomic E-state index is 0.100. The van der Waals surface area contributed by atoms with Gasteiger partial charge in [-0.05, 0) is 56.0 Å². The SMILES string of the molecule is CCOc1ccc(S(=O)(=O)N[C@@H](Cc2ccccc2)C(=O)NC2CCCCCC2)cc1. The van der Waals surface area contributed by atoms with Gasteiger partial charge >= 0.3 is 0 Å². The Morgan fingerprint density at radius 1 is 1.00 bits per heavy atom. The van der Waals surface area contributed by atoms with E-state index in [9.17, 15) is 13.2 Å². The van der Waals surface area contributed by atoms with Crippen LogP contribution < -0.4 is 14.8 Å². The normalized spacial score (nSPS) is 16.3. The molecule has 31 heavy (non-hydrogen) atoms. The molecule has 1 aliphatic carbocycles. The summed E-state index contributed by atoms with van der Waals surface area (Å²) < 4.78 is 34.1. The fourth-order valence-electron chi connectivity index (χ4n) is 3.90. The van der Waals surface area contributed by atoms with E-state index in [1.54, 1.807) is 12.1 Å². The summed E-state index contributed by atoms with van der Waals surface area (Å²) >= 11 is 0. The second-order valence-corrected chi connectivity index (χ2v) is 9.68. The van der Waals surface area contributed by atoms with Crippen molar-refractivity contribution in [2.45, 2.75) is 68.8 Å². The Kier molecular flexibility index (Phi) is 8.49. The largest absolute Gasteiger partial charge is 0.494 e. The minimum atomic E-state index is -3.87. The van der Waals surface area contributed by atoms with Crippen LogP contribution in [0.5, 0.6) is 5.75 Å². The maximum Gasteiger partial charge on any atom is 0.241 e. The van der Waals surface area contributed by atoms with E-state index < -0.39 is 16.1 Å². The molecule has 0 saturated heterocycles. The highest BCUT2D eigenvalue weighted by atomic mass is 32.2. The molecule has 3 rings (SSSR count).